The van der Waals surface area contributed by atoms with Gasteiger partial charge >= 0.3 is 0 Å². The van der Waals surface area contributed by atoms with Crippen molar-refractivity contribution in [2.75, 3.05) is 30.0 Å². The van der Waals surface area contributed by atoms with E-state index in [1.807, 2.05) is 48.6 Å². The standard InChI is InChI=1S/C18H21N3/c1-20(17-7-3-2-4-8-17)19-15-16-9-11-18(12-10-16)21-13-5-6-14-21/h2-4,7-12,15H,5-6,13-14H2,1H3/b19-15+. The van der Waals surface area contributed by atoms with Crippen LogP contribution in [0.2, 0.25) is 0 Å². The first-order chi connectivity index (χ1) is 10.3. The average Bonchev–Trinajstić information content (AvgIpc) is 3.08. The van der Waals surface area contributed by atoms with Crippen molar-refractivity contribution in [3.05, 3.63) is 60.2 Å². The molecule has 0 amide bonds. The van der Waals surface area contributed by atoms with E-state index in [2.05, 4.69) is 34.3 Å². The van der Waals surface area contributed by atoms with E-state index in [1.54, 1.807) is 0 Å². The minimum atomic E-state index is 1.09. The third-order valence-electron chi connectivity index (χ3n) is 3.87. The lowest BCUT2D eigenvalue weighted by atomic mass is 10.2. The number of benzene rings is 2. The molecule has 1 fully saturated rings. The normalized spacial score (nSPS) is 14.8. The van der Waals surface area contributed by atoms with Crippen LogP contribution in [-0.4, -0.2) is 26.4 Å². The minimum Gasteiger partial charge on any atom is -0.372 e. The van der Waals surface area contributed by atoms with Crippen LogP contribution in [0.4, 0.5) is 11.4 Å². The predicted octanol–water partition coefficient (Wildman–Crippen LogP) is 3.76. The summed E-state index contributed by atoms with van der Waals surface area (Å²) in [6, 6.07) is 18.8. The van der Waals surface area contributed by atoms with Crippen LogP contribution >= 0.6 is 0 Å². The topological polar surface area (TPSA) is 18.8 Å². The zero-order valence-electron chi connectivity index (χ0n) is 12.4. The molecule has 0 bridgehead atoms. The van der Waals surface area contributed by atoms with Crippen molar-refractivity contribution >= 4 is 17.6 Å². The van der Waals surface area contributed by atoms with Crippen LogP contribution in [0.25, 0.3) is 0 Å². The fourth-order valence-electron chi connectivity index (χ4n) is 2.61. The molecule has 0 spiro atoms. The Kier molecular flexibility index (Phi) is 4.20. The van der Waals surface area contributed by atoms with Crippen LogP contribution in [0.15, 0.2) is 59.7 Å². The van der Waals surface area contributed by atoms with E-state index in [9.17, 15) is 0 Å². The van der Waals surface area contributed by atoms with Gasteiger partial charge in [-0.05, 0) is 42.7 Å². The van der Waals surface area contributed by atoms with Crippen molar-refractivity contribution in [3.63, 3.8) is 0 Å². The van der Waals surface area contributed by atoms with Gasteiger partial charge in [-0.2, -0.15) is 5.10 Å². The Morgan fingerprint density at radius 1 is 0.952 bits per heavy atom. The molecule has 2 aromatic carbocycles. The van der Waals surface area contributed by atoms with Gasteiger partial charge in [0.05, 0.1) is 11.9 Å². The Bertz CT molecular complexity index is 584. The van der Waals surface area contributed by atoms with Crippen molar-refractivity contribution in [2.24, 2.45) is 5.10 Å². The Morgan fingerprint density at radius 3 is 2.29 bits per heavy atom. The molecule has 1 saturated heterocycles. The third-order valence-corrected chi connectivity index (χ3v) is 3.87. The monoisotopic (exact) mass is 279 g/mol. The molecule has 1 heterocycles. The molecular weight excluding hydrogens is 258 g/mol. The molecule has 0 radical (unpaired) electrons. The van der Waals surface area contributed by atoms with E-state index < -0.39 is 0 Å². The van der Waals surface area contributed by atoms with Gasteiger partial charge in [0.15, 0.2) is 0 Å². The summed E-state index contributed by atoms with van der Waals surface area (Å²) >= 11 is 0. The molecule has 0 unspecified atom stereocenters. The van der Waals surface area contributed by atoms with Crippen LogP contribution in [-0.2, 0) is 0 Å². The van der Waals surface area contributed by atoms with E-state index in [-0.39, 0.29) is 0 Å². The Labute approximate surface area is 126 Å². The number of nitrogens with zero attached hydrogens (tertiary/aromatic N) is 3. The largest absolute Gasteiger partial charge is 0.372 e. The maximum Gasteiger partial charge on any atom is 0.0590 e. The molecule has 0 aromatic heterocycles. The maximum atomic E-state index is 4.49. The van der Waals surface area contributed by atoms with Crippen molar-refractivity contribution in [3.8, 4) is 0 Å². The molecule has 2 aromatic rings. The summed E-state index contributed by atoms with van der Waals surface area (Å²) in [4.78, 5) is 2.44. The van der Waals surface area contributed by atoms with E-state index in [0.717, 1.165) is 11.3 Å². The van der Waals surface area contributed by atoms with Gasteiger partial charge in [0.1, 0.15) is 0 Å². The van der Waals surface area contributed by atoms with Crippen LogP contribution in [0.3, 0.4) is 0 Å². The van der Waals surface area contributed by atoms with Crippen LogP contribution in [0, 0.1) is 0 Å². The van der Waals surface area contributed by atoms with E-state index >= 15 is 0 Å². The quantitative estimate of drug-likeness (QED) is 0.627. The number of hydrazone groups is 1. The molecule has 1 aliphatic heterocycles. The second kappa shape index (κ2) is 6.44. The van der Waals surface area contributed by atoms with Gasteiger partial charge in [0.25, 0.3) is 0 Å². The summed E-state index contributed by atoms with van der Waals surface area (Å²) in [6.45, 7) is 2.37. The van der Waals surface area contributed by atoms with Gasteiger partial charge in [0.2, 0.25) is 0 Å². The maximum absolute atomic E-state index is 4.49. The lowest BCUT2D eigenvalue weighted by Gasteiger charge is -2.17. The first-order valence-electron chi connectivity index (χ1n) is 7.51. The minimum absolute atomic E-state index is 1.09. The van der Waals surface area contributed by atoms with Crippen LogP contribution in [0.1, 0.15) is 18.4 Å². The average molecular weight is 279 g/mol. The number of rotatable bonds is 4. The summed E-state index contributed by atoms with van der Waals surface area (Å²) in [6.07, 6.45) is 4.52. The summed E-state index contributed by atoms with van der Waals surface area (Å²) in [5.74, 6) is 0. The molecule has 3 rings (SSSR count). The van der Waals surface area contributed by atoms with Crippen molar-refractivity contribution in [2.45, 2.75) is 12.8 Å². The lowest BCUT2D eigenvalue weighted by molar-refractivity contribution is 0.949. The Hall–Kier alpha value is -2.29. The Balaban J connectivity index is 1.66. The zero-order chi connectivity index (χ0) is 14.5. The van der Waals surface area contributed by atoms with Crippen LogP contribution in [0.5, 0.6) is 0 Å². The summed E-state index contributed by atoms with van der Waals surface area (Å²) in [5.41, 5.74) is 3.53. The van der Waals surface area contributed by atoms with Gasteiger partial charge < -0.3 is 4.90 Å². The fourth-order valence-corrected chi connectivity index (χ4v) is 2.61. The molecular formula is C18H21N3. The van der Waals surface area contributed by atoms with E-state index in [0.29, 0.717) is 0 Å². The molecule has 0 atom stereocenters. The highest BCUT2D eigenvalue weighted by atomic mass is 15.4. The van der Waals surface area contributed by atoms with Crippen molar-refractivity contribution < 1.29 is 0 Å². The number of anilines is 2. The second-order valence-corrected chi connectivity index (χ2v) is 5.39. The van der Waals surface area contributed by atoms with Crippen molar-refractivity contribution in [1.29, 1.82) is 0 Å². The first-order valence-corrected chi connectivity index (χ1v) is 7.51. The number of hydrogen-bond donors (Lipinski definition) is 0. The third kappa shape index (κ3) is 3.43. The molecule has 3 nitrogen and oxygen atoms in total. The summed E-state index contributed by atoms with van der Waals surface area (Å²) < 4.78 is 0. The molecule has 0 saturated carbocycles. The smallest absolute Gasteiger partial charge is 0.0590 e. The highest BCUT2D eigenvalue weighted by Gasteiger charge is 2.11. The van der Waals surface area contributed by atoms with E-state index in [4.69, 9.17) is 0 Å². The molecule has 0 N–H and O–H groups in total. The molecule has 21 heavy (non-hydrogen) atoms. The second-order valence-electron chi connectivity index (χ2n) is 5.39. The zero-order valence-corrected chi connectivity index (χ0v) is 12.4. The van der Waals surface area contributed by atoms with Gasteiger partial charge in [-0.3, -0.25) is 5.01 Å². The lowest BCUT2D eigenvalue weighted by Crippen LogP contribution is -2.17. The van der Waals surface area contributed by atoms with Gasteiger partial charge in [-0.1, -0.05) is 30.3 Å². The molecule has 1 aliphatic rings. The SMILES string of the molecule is CN(/N=C/c1ccc(N2CCCC2)cc1)c1ccccc1. The first kappa shape index (κ1) is 13.7. The van der Waals surface area contributed by atoms with Crippen LogP contribution < -0.4 is 9.91 Å². The van der Waals surface area contributed by atoms with E-state index in [1.165, 1.54) is 31.6 Å². The number of hydrogen-bond acceptors (Lipinski definition) is 3. The van der Waals surface area contributed by atoms with Gasteiger partial charge in [-0.25, -0.2) is 0 Å². The highest BCUT2D eigenvalue weighted by Crippen LogP contribution is 2.20. The summed E-state index contributed by atoms with van der Waals surface area (Å²) in [5, 5.41) is 6.37. The van der Waals surface area contributed by atoms with Crippen molar-refractivity contribution in [1.82, 2.24) is 0 Å². The Morgan fingerprint density at radius 2 is 1.62 bits per heavy atom. The number of para-hydroxylation sites is 1. The molecule has 3 heteroatoms. The predicted molar refractivity (Wildman–Crippen MR) is 90.3 cm³/mol. The van der Waals surface area contributed by atoms with Gasteiger partial charge in [0, 0.05) is 25.8 Å². The summed E-state index contributed by atoms with van der Waals surface area (Å²) in [7, 11) is 1.96. The van der Waals surface area contributed by atoms with Gasteiger partial charge in [-0.15, -0.1) is 0 Å². The molecule has 108 valence electrons. The highest BCUT2D eigenvalue weighted by molar-refractivity contribution is 5.81. The molecule has 0 aliphatic carbocycles. The fraction of sp³-hybridized carbons (Fsp3) is 0.278.